The van der Waals surface area contributed by atoms with Crippen molar-refractivity contribution in [3.05, 3.63) is 40.0 Å². The molecule has 0 unspecified atom stereocenters. The highest BCUT2D eigenvalue weighted by Gasteiger charge is 2.18. The predicted molar refractivity (Wildman–Crippen MR) is 74.4 cm³/mol. The highest BCUT2D eigenvalue weighted by molar-refractivity contribution is 7.14. The fourth-order valence-corrected chi connectivity index (χ4v) is 2.24. The van der Waals surface area contributed by atoms with Crippen LogP contribution in [0.3, 0.4) is 0 Å². The Morgan fingerprint density at radius 2 is 2.10 bits per heavy atom. The van der Waals surface area contributed by atoms with E-state index in [2.05, 4.69) is 25.0 Å². The molecule has 9 heteroatoms. The van der Waals surface area contributed by atoms with E-state index in [4.69, 9.17) is 11.6 Å². The summed E-state index contributed by atoms with van der Waals surface area (Å²) in [6.07, 6.45) is 1.35. The number of benzene rings is 1. The van der Waals surface area contributed by atoms with E-state index in [0.717, 1.165) is 5.01 Å². The molecule has 0 aliphatic carbocycles. The number of aryl methyl sites for hydroxylation is 1. The maximum absolute atomic E-state index is 11.7. The summed E-state index contributed by atoms with van der Waals surface area (Å²) in [5.74, 6) is -0.588. The van der Waals surface area contributed by atoms with Crippen LogP contribution in [-0.2, 0) is 0 Å². The summed E-state index contributed by atoms with van der Waals surface area (Å²) in [6, 6.07) is 6.82. The van der Waals surface area contributed by atoms with Gasteiger partial charge in [-0.1, -0.05) is 22.9 Å². The second kappa shape index (κ2) is 5.58. The third-order valence-electron chi connectivity index (χ3n) is 2.53. The molecule has 0 spiro atoms. The molecule has 0 aliphatic heterocycles. The van der Waals surface area contributed by atoms with Crippen LogP contribution < -0.4 is 9.79 Å². The largest absolute Gasteiger partial charge is 0.539 e. The minimum atomic E-state index is -0.588. The number of aromatic nitrogens is 4. The number of aliphatic imine (C=N–C) groups is 1. The average molecular weight is 322 g/mol. The molecule has 1 aromatic carbocycles. The van der Waals surface area contributed by atoms with Gasteiger partial charge in [0.1, 0.15) is 11.2 Å². The SMILES string of the molecule is Cc1nnc(N=Cc2c([O-])on[n+]2-c2ccc(Cl)cc2)s1. The van der Waals surface area contributed by atoms with E-state index in [1.807, 2.05) is 6.92 Å². The van der Waals surface area contributed by atoms with Gasteiger partial charge in [-0.3, -0.25) is 0 Å². The lowest BCUT2D eigenvalue weighted by Gasteiger charge is -1.92. The first kappa shape index (κ1) is 13.7. The Kier molecular flexibility index (Phi) is 3.63. The Hall–Kier alpha value is -2.32. The van der Waals surface area contributed by atoms with E-state index in [1.165, 1.54) is 22.2 Å². The van der Waals surface area contributed by atoms with Crippen LogP contribution in [0.2, 0.25) is 5.02 Å². The predicted octanol–water partition coefficient (Wildman–Crippen LogP) is 1.59. The molecule has 106 valence electrons. The van der Waals surface area contributed by atoms with E-state index in [-0.39, 0.29) is 5.69 Å². The lowest BCUT2D eigenvalue weighted by molar-refractivity contribution is -0.671. The van der Waals surface area contributed by atoms with Crippen LogP contribution >= 0.6 is 22.9 Å². The van der Waals surface area contributed by atoms with Crippen molar-refractivity contribution in [1.29, 1.82) is 0 Å². The summed E-state index contributed by atoms with van der Waals surface area (Å²) in [5, 5.41) is 24.9. The van der Waals surface area contributed by atoms with Gasteiger partial charge in [-0.25, -0.2) is 4.99 Å². The molecule has 0 radical (unpaired) electrons. The Bertz CT molecular complexity index is 796. The molecule has 2 aromatic heterocycles. The molecule has 3 aromatic rings. The third kappa shape index (κ3) is 2.91. The molecule has 0 aliphatic rings. The van der Waals surface area contributed by atoms with Crippen molar-refractivity contribution in [3.8, 4) is 11.6 Å². The van der Waals surface area contributed by atoms with E-state index in [9.17, 15) is 5.11 Å². The van der Waals surface area contributed by atoms with Crippen LogP contribution in [-0.4, -0.2) is 21.7 Å². The van der Waals surface area contributed by atoms with Crippen molar-refractivity contribution in [2.45, 2.75) is 6.92 Å². The quantitative estimate of drug-likeness (QED) is 0.539. The van der Waals surface area contributed by atoms with Gasteiger partial charge in [0.25, 0.3) is 5.69 Å². The van der Waals surface area contributed by atoms with Crippen molar-refractivity contribution in [3.63, 3.8) is 0 Å². The fraction of sp³-hybridized carbons (Fsp3) is 0.0833. The number of rotatable bonds is 3. The van der Waals surface area contributed by atoms with Crippen LogP contribution in [0.5, 0.6) is 5.95 Å². The first-order valence-corrected chi connectivity index (χ1v) is 7.02. The van der Waals surface area contributed by atoms with Gasteiger partial charge in [-0.15, -0.1) is 10.2 Å². The summed E-state index contributed by atoms with van der Waals surface area (Å²) in [5.41, 5.74) is 0.824. The molecule has 0 fully saturated rings. The number of nitrogens with zero attached hydrogens (tertiary/aromatic N) is 5. The lowest BCUT2D eigenvalue weighted by atomic mass is 10.3. The maximum atomic E-state index is 11.7. The van der Waals surface area contributed by atoms with Crippen LogP contribution in [0.25, 0.3) is 5.69 Å². The molecular formula is C12H8ClN5O2S. The maximum Gasteiger partial charge on any atom is 0.281 e. The highest BCUT2D eigenvalue weighted by atomic mass is 35.5. The Balaban J connectivity index is 1.97. The Labute approximate surface area is 128 Å². The number of halogens is 1. The van der Waals surface area contributed by atoms with E-state index < -0.39 is 5.95 Å². The normalized spacial score (nSPS) is 11.3. The third-order valence-corrected chi connectivity index (χ3v) is 3.53. The van der Waals surface area contributed by atoms with Gasteiger partial charge in [0.2, 0.25) is 10.8 Å². The lowest BCUT2D eigenvalue weighted by Crippen LogP contribution is -2.36. The second-order valence-corrected chi connectivity index (χ2v) is 5.59. The molecule has 2 heterocycles. The van der Waals surface area contributed by atoms with Gasteiger partial charge >= 0.3 is 0 Å². The zero-order chi connectivity index (χ0) is 14.8. The number of hydrogen-bond donors (Lipinski definition) is 0. The van der Waals surface area contributed by atoms with Crippen molar-refractivity contribution in [1.82, 2.24) is 15.5 Å². The van der Waals surface area contributed by atoms with Gasteiger partial charge < -0.3 is 9.63 Å². The highest BCUT2D eigenvalue weighted by Crippen LogP contribution is 2.18. The fourth-order valence-electron chi connectivity index (χ4n) is 1.59. The van der Waals surface area contributed by atoms with Crippen LogP contribution in [0, 0.1) is 6.92 Å². The first-order valence-electron chi connectivity index (χ1n) is 5.82. The molecule has 0 N–H and O–H groups in total. The molecule has 0 saturated heterocycles. The standard InChI is InChI=1S/C12H8ClN5O2S/c1-7-15-16-12(21-7)14-6-10-11(19)20-17-18(10)9-4-2-8(13)3-5-9/h2-6H,1H3. The minimum Gasteiger partial charge on any atom is -0.539 e. The average Bonchev–Trinajstić information content (AvgIpc) is 3.04. The summed E-state index contributed by atoms with van der Waals surface area (Å²) in [7, 11) is 0. The summed E-state index contributed by atoms with van der Waals surface area (Å²) in [4.78, 5) is 4.11. The molecule has 7 nitrogen and oxygen atoms in total. The van der Waals surface area contributed by atoms with Gasteiger partial charge in [-0.2, -0.15) is 0 Å². The molecule has 0 amide bonds. The minimum absolute atomic E-state index is 0.185. The van der Waals surface area contributed by atoms with Crippen LogP contribution in [0.1, 0.15) is 10.7 Å². The van der Waals surface area contributed by atoms with Crippen molar-refractivity contribution < 1.29 is 14.3 Å². The van der Waals surface area contributed by atoms with Crippen molar-refractivity contribution >= 4 is 34.3 Å². The van der Waals surface area contributed by atoms with Crippen molar-refractivity contribution in [2.24, 2.45) is 4.99 Å². The topological polar surface area (TPSA) is 91.1 Å². The van der Waals surface area contributed by atoms with E-state index >= 15 is 0 Å². The first-order chi connectivity index (χ1) is 10.1. The van der Waals surface area contributed by atoms with Gasteiger partial charge in [-0.05, 0) is 23.7 Å². The zero-order valence-corrected chi connectivity index (χ0v) is 12.3. The van der Waals surface area contributed by atoms with Crippen LogP contribution in [0.4, 0.5) is 5.13 Å². The molecule has 0 bridgehead atoms. The Morgan fingerprint density at radius 3 is 2.76 bits per heavy atom. The monoisotopic (exact) mass is 321 g/mol. The molecule has 0 saturated carbocycles. The molecular weight excluding hydrogens is 314 g/mol. The Morgan fingerprint density at radius 1 is 1.33 bits per heavy atom. The van der Waals surface area contributed by atoms with Gasteiger partial charge in [0.05, 0.1) is 5.27 Å². The van der Waals surface area contributed by atoms with Crippen molar-refractivity contribution in [2.75, 3.05) is 0 Å². The number of hydrogen-bond acceptors (Lipinski definition) is 7. The summed E-state index contributed by atoms with van der Waals surface area (Å²) in [6.45, 7) is 1.82. The van der Waals surface area contributed by atoms with Gasteiger partial charge in [0, 0.05) is 17.2 Å². The summed E-state index contributed by atoms with van der Waals surface area (Å²) < 4.78 is 6.02. The van der Waals surface area contributed by atoms with E-state index in [1.54, 1.807) is 24.3 Å². The van der Waals surface area contributed by atoms with Gasteiger partial charge in [0.15, 0.2) is 5.95 Å². The second-order valence-electron chi connectivity index (χ2n) is 4.00. The molecule has 0 atom stereocenters. The van der Waals surface area contributed by atoms with E-state index in [0.29, 0.717) is 15.8 Å². The zero-order valence-electron chi connectivity index (χ0n) is 10.7. The molecule has 3 rings (SSSR count). The molecule has 21 heavy (non-hydrogen) atoms. The summed E-state index contributed by atoms with van der Waals surface area (Å²) >= 11 is 7.15. The van der Waals surface area contributed by atoms with Crippen LogP contribution in [0.15, 0.2) is 33.8 Å². The smallest absolute Gasteiger partial charge is 0.281 e.